The molecule has 0 fully saturated rings. The van der Waals surface area contributed by atoms with E-state index in [1.807, 2.05) is 24.4 Å². The van der Waals surface area contributed by atoms with Gasteiger partial charge in [-0.2, -0.15) is 0 Å². The van der Waals surface area contributed by atoms with Gasteiger partial charge in [0.1, 0.15) is 11.6 Å². The zero-order chi connectivity index (χ0) is 16.2. The van der Waals surface area contributed by atoms with E-state index in [1.165, 1.54) is 23.7 Å². The van der Waals surface area contributed by atoms with E-state index in [1.54, 1.807) is 11.3 Å². The molecule has 0 radical (unpaired) electrons. The Morgan fingerprint density at radius 3 is 3.13 bits per heavy atom. The number of rotatable bonds is 6. The van der Waals surface area contributed by atoms with Crippen molar-refractivity contribution in [2.75, 3.05) is 7.11 Å². The van der Waals surface area contributed by atoms with E-state index >= 15 is 0 Å². The van der Waals surface area contributed by atoms with Crippen molar-refractivity contribution in [3.8, 4) is 0 Å². The SMILES string of the molecule is COC(=O)c1oc(CSc2n[nH]c(Cc3cccs3)n2)cc1C. The molecule has 3 aromatic heterocycles. The zero-order valence-electron chi connectivity index (χ0n) is 12.7. The fourth-order valence-corrected chi connectivity index (χ4v) is 3.46. The summed E-state index contributed by atoms with van der Waals surface area (Å²) in [6, 6.07) is 5.92. The number of carbonyl (C=O) groups excluding carboxylic acids is 1. The molecule has 0 aliphatic carbocycles. The maximum Gasteiger partial charge on any atom is 0.374 e. The molecule has 120 valence electrons. The van der Waals surface area contributed by atoms with Crippen molar-refractivity contribution in [3.63, 3.8) is 0 Å². The number of thioether (sulfide) groups is 1. The summed E-state index contributed by atoms with van der Waals surface area (Å²) >= 11 is 3.15. The number of esters is 1. The van der Waals surface area contributed by atoms with Crippen molar-refractivity contribution >= 4 is 29.1 Å². The van der Waals surface area contributed by atoms with Gasteiger partial charge >= 0.3 is 5.97 Å². The highest BCUT2D eigenvalue weighted by atomic mass is 32.2. The Hall–Kier alpha value is -2.06. The summed E-state index contributed by atoms with van der Waals surface area (Å²) in [6.45, 7) is 1.82. The summed E-state index contributed by atoms with van der Waals surface area (Å²) in [5, 5.41) is 9.83. The van der Waals surface area contributed by atoms with Crippen molar-refractivity contribution in [2.24, 2.45) is 0 Å². The molecule has 0 aromatic carbocycles. The van der Waals surface area contributed by atoms with Gasteiger partial charge in [-0.25, -0.2) is 9.78 Å². The fraction of sp³-hybridized carbons (Fsp3) is 0.267. The van der Waals surface area contributed by atoms with Crippen molar-refractivity contribution in [1.82, 2.24) is 15.2 Å². The molecule has 1 N–H and O–H groups in total. The summed E-state index contributed by atoms with van der Waals surface area (Å²) in [5.74, 6) is 1.86. The highest BCUT2D eigenvalue weighted by Gasteiger charge is 2.16. The highest BCUT2D eigenvalue weighted by molar-refractivity contribution is 7.98. The Labute approximate surface area is 141 Å². The average Bonchev–Trinajstić information content (AvgIpc) is 3.27. The number of aromatic nitrogens is 3. The molecule has 0 spiro atoms. The van der Waals surface area contributed by atoms with Gasteiger partial charge in [0.05, 0.1) is 12.9 Å². The fourth-order valence-electron chi connectivity index (χ4n) is 2.05. The summed E-state index contributed by atoms with van der Waals surface area (Å²) in [4.78, 5) is 17.2. The smallest absolute Gasteiger partial charge is 0.374 e. The second kappa shape index (κ2) is 7.01. The Bertz CT molecular complexity index is 793. The first-order valence-corrected chi connectivity index (χ1v) is 8.76. The van der Waals surface area contributed by atoms with Crippen molar-refractivity contribution in [3.05, 3.63) is 51.4 Å². The van der Waals surface area contributed by atoms with Crippen LogP contribution in [0.3, 0.4) is 0 Å². The molecule has 8 heteroatoms. The topological polar surface area (TPSA) is 81.0 Å². The minimum atomic E-state index is -0.463. The summed E-state index contributed by atoms with van der Waals surface area (Å²) in [5.41, 5.74) is 0.765. The minimum Gasteiger partial charge on any atom is -0.463 e. The van der Waals surface area contributed by atoms with Gasteiger partial charge in [0, 0.05) is 16.9 Å². The van der Waals surface area contributed by atoms with Crippen molar-refractivity contribution in [1.29, 1.82) is 0 Å². The molecule has 0 unspecified atom stereocenters. The third-order valence-corrected chi connectivity index (χ3v) is 4.86. The molecule has 3 rings (SSSR count). The molecule has 0 amide bonds. The third kappa shape index (κ3) is 3.83. The number of nitrogens with zero attached hydrogens (tertiary/aromatic N) is 2. The van der Waals surface area contributed by atoms with Gasteiger partial charge in [-0.3, -0.25) is 5.10 Å². The first-order chi connectivity index (χ1) is 11.2. The minimum absolute atomic E-state index is 0.247. The predicted octanol–water partition coefficient (Wildman–Crippen LogP) is 3.44. The van der Waals surface area contributed by atoms with E-state index in [2.05, 4.69) is 26.0 Å². The van der Waals surface area contributed by atoms with Gasteiger partial charge in [-0.1, -0.05) is 17.8 Å². The van der Waals surface area contributed by atoms with E-state index < -0.39 is 5.97 Å². The largest absolute Gasteiger partial charge is 0.463 e. The van der Waals surface area contributed by atoms with Crippen LogP contribution in [0.4, 0.5) is 0 Å². The van der Waals surface area contributed by atoms with Crippen LogP contribution in [0.25, 0.3) is 0 Å². The molecule has 23 heavy (non-hydrogen) atoms. The quantitative estimate of drug-likeness (QED) is 0.542. The number of ether oxygens (including phenoxy) is 1. The molecule has 0 aliphatic rings. The lowest BCUT2D eigenvalue weighted by atomic mass is 10.3. The van der Waals surface area contributed by atoms with E-state index in [9.17, 15) is 4.79 Å². The highest BCUT2D eigenvalue weighted by Crippen LogP contribution is 2.24. The normalized spacial score (nSPS) is 10.9. The molecular formula is C15H15N3O3S2. The zero-order valence-corrected chi connectivity index (χ0v) is 14.3. The number of hydrogen-bond donors (Lipinski definition) is 1. The van der Waals surface area contributed by atoms with Crippen LogP contribution in [0.5, 0.6) is 0 Å². The van der Waals surface area contributed by atoms with Crippen LogP contribution in [0.1, 0.15) is 32.6 Å². The van der Waals surface area contributed by atoms with Gasteiger partial charge in [0.2, 0.25) is 10.9 Å². The number of thiophene rings is 1. The molecule has 6 nitrogen and oxygen atoms in total. The number of nitrogens with one attached hydrogen (secondary N) is 1. The Morgan fingerprint density at radius 2 is 2.39 bits per heavy atom. The lowest BCUT2D eigenvalue weighted by molar-refractivity contribution is 0.0562. The molecule has 0 bridgehead atoms. The van der Waals surface area contributed by atoms with Crippen LogP contribution in [0.2, 0.25) is 0 Å². The molecule has 0 saturated carbocycles. The maximum atomic E-state index is 11.5. The maximum absolute atomic E-state index is 11.5. The predicted molar refractivity (Wildman–Crippen MR) is 87.9 cm³/mol. The van der Waals surface area contributed by atoms with Gasteiger partial charge < -0.3 is 9.15 Å². The molecular weight excluding hydrogens is 334 g/mol. The van der Waals surface area contributed by atoms with Gasteiger partial charge in [-0.15, -0.1) is 16.4 Å². The number of aryl methyl sites for hydroxylation is 1. The Balaban J connectivity index is 1.60. The van der Waals surface area contributed by atoms with E-state index in [0.29, 0.717) is 16.7 Å². The number of carbonyl (C=O) groups is 1. The van der Waals surface area contributed by atoms with Crippen LogP contribution in [0, 0.1) is 6.92 Å². The summed E-state index contributed by atoms with van der Waals surface area (Å²) in [7, 11) is 1.33. The van der Waals surface area contributed by atoms with Crippen LogP contribution >= 0.6 is 23.1 Å². The van der Waals surface area contributed by atoms with Crippen molar-refractivity contribution < 1.29 is 13.9 Å². The number of methoxy groups -OCH3 is 1. The Morgan fingerprint density at radius 1 is 1.52 bits per heavy atom. The number of H-pyrrole nitrogens is 1. The number of hydrogen-bond acceptors (Lipinski definition) is 7. The Kier molecular flexibility index (Phi) is 4.82. The van der Waals surface area contributed by atoms with Crippen molar-refractivity contribution in [2.45, 2.75) is 24.3 Å². The van der Waals surface area contributed by atoms with Gasteiger partial charge in [0.15, 0.2) is 0 Å². The number of furan rings is 1. The van der Waals surface area contributed by atoms with E-state index in [4.69, 9.17) is 4.42 Å². The lowest BCUT2D eigenvalue weighted by Crippen LogP contribution is -2.00. The molecule has 3 aromatic rings. The molecule has 3 heterocycles. The van der Waals surface area contributed by atoms with Crippen LogP contribution in [-0.4, -0.2) is 28.3 Å². The summed E-state index contributed by atoms with van der Waals surface area (Å²) in [6.07, 6.45) is 0.748. The average molecular weight is 349 g/mol. The molecule has 0 atom stereocenters. The first-order valence-electron chi connectivity index (χ1n) is 6.90. The summed E-state index contributed by atoms with van der Waals surface area (Å²) < 4.78 is 10.2. The second-order valence-electron chi connectivity index (χ2n) is 4.83. The van der Waals surface area contributed by atoms with E-state index in [0.717, 1.165) is 17.8 Å². The van der Waals surface area contributed by atoms with Crippen LogP contribution < -0.4 is 0 Å². The van der Waals surface area contributed by atoms with Crippen LogP contribution in [0.15, 0.2) is 33.2 Å². The first kappa shape index (κ1) is 15.8. The van der Waals surface area contributed by atoms with Gasteiger partial charge in [0.25, 0.3) is 0 Å². The standard InChI is InChI=1S/C15H15N3O3S2/c1-9-6-10(21-13(9)14(19)20-2)8-23-15-16-12(17-18-15)7-11-4-3-5-22-11/h3-6H,7-8H2,1-2H3,(H,16,17,18). The van der Waals surface area contributed by atoms with E-state index in [-0.39, 0.29) is 5.76 Å². The van der Waals surface area contributed by atoms with Gasteiger partial charge in [-0.05, 0) is 24.4 Å². The molecule has 0 aliphatic heterocycles. The lowest BCUT2D eigenvalue weighted by Gasteiger charge is -1.95. The third-order valence-electron chi connectivity index (χ3n) is 3.12. The number of aromatic amines is 1. The van der Waals surface area contributed by atoms with Crippen LogP contribution in [-0.2, 0) is 16.9 Å². The molecule has 0 saturated heterocycles. The second-order valence-corrected chi connectivity index (χ2v) is 6.80. The monoisotopic (exact) mass is 349 g/mol.